The summed E-state index contributed by atoms with van der Waals surface area (Å²) in [6, 6.07) is 14.8. The standard InChI is InChI=1S/C26H36Br2N4O2/c27-21-15-9-11-17-23(21)31-25(33)29-19-13-7-5-3-1-2-4-6-8-14-20-30-26(34)32-24-18-12-10-16-22(24)28/h9-12,15-18H,1-8,13-14,19-20H2,(H2,29,31,33)(H2,30,32,34). The lowest BCUT2D eigenvalue weighted by Gasteiger charge is -2.09. The van der Waals surface area contributed by atoms with Gasteiger partial charge in [0.2, 0.25) is 0 Å². The molecule has 0 aromatic heterocycles. The number of carbonyl (C=O) groups excluding carboxylic acids is 2. The molecule has 8 heteroatoms. The van der Waals surface area contributed by atoms with Crippen molar-refractivity contribution in [2.45, 2.75) is 64.2 Å². The minimum absolute atomic E-state index is 0.160. The van der Waals surface area contributed by atoms with Gasteiger partial charge < -0.3 is 21.3 Å². The molecule has 4 N–H and O–H groups in total. The molecule has 2 rings (SSSR count). The summed E-state index contributed by atoms with van der Waals surface area (Å²) < 4.78 is 1.75. The molecular formula is C26H36Br2N4O2. The number of hydrogen-bond acceptors (Lipinski definition) is 2. The highest BCUT2D eigenvalue weighted by molar-refractivity contribution is 9.11. The predicted octanol–water partition coefficient (Wildman–Crippen LogP) is 8.06. The average Bonchev–Trinajstić information content (AvgIpc) is 2.82. The smallest absolute Gasteiger partial charge is 0.319 e. The molecule has 34 heavy (non-hydrogen) atoms. The van der Waals surface area contributed by atoms with Gasteiger partial charge in [-0.3, -0.25) is 0 Å². The summed E-state index contributed by atoms with van der Waals surface area (Å²) in [4.78, 5) is 23.8. The van der Waals surface area contributed by atoms with Gasteiger partial charge in [0, 0.05) is 22.0 Å². The van der Waals surface area contributed by atoms with Crippen molar-refractivity contribution in [2.24, 2.45) is 0 Å². The molecule has 0 unspecified atom stereocenters. The molecule has 0 saturated heterocycles. The van der Waals surface area contributed by atoms with Gasteiger partial charge in [-0.2, -0.15) is 0 Å². The number of amides is 4. The number of unbranched alkanes of at least 4 members (excludes halogenated alkanes) is 9. The molecule has 0 fully saturated rings. The third kappa shape index (κ3) is 12.4. The zero-order valence-corrected chi connectivity index (χ0v) is 22.8. The van der Waals surface area contributed by atoms with Gasteiger partial charge in [0.05, 0.1) is 11.4 Å². The van der Waals surface area contributed by atoms with E-state index < -0.39 is 0 Å². The third-order valence-electron chi connectivity index (χ3n) is 5.42. The third-order valence-corrected chi connectivity index (χ3v) is 6.80. The topological polar surface area (TPSA) is 82.3 Å². The largest absolute Gasteiger partial charge is 0.338 e. The van der Waals surface area contributed by atoms with Gasteiger partial charge in [-0.25, -0.2) is 9.59 Å². The number of halogens is 2. The van der Waals surface area contributed by atoms with Crippen molar-refractivity contribution in [3.05, 3.63) is 57.5 Å². The molecule has 186 valence electrons. The Morgan fingerprint density at radius 3 is 1.21 bits per heavy atom. The summed E-state index contributed by atoms with van der Waals surface area (Å²) in [5.74, 6) is 0. The van der Waals surface area contributed by atoms with Crippen LogP contribution >= 0.6 is 31.9 Å². The Bertz CT molecular complexity index is 808. The highest BCUT2D eigenvalue weighted by atomic mass is 79.9. The summed E-state index contributed by atoms with van der Waals surface area (Å²) in [6.45, 7) is 1.40. The molecule has 0 radical (unpaired) electrons. The van der Waals surface area contributed by atoms with E-state index in [9.17, 15) is 9.59 Å². The highest BCUT2D eigenvalue weighted by Crippen LogP contribution is 2.21. The van der Waals surface area contributed by atoms with Crippen LogP contribution in [0.2, 0.25) is 0 Å². The molecule has 2 aromatic carbocycles. The SMILES string of the molecule is O=C(NCCCCCCCCCCCCNC(=O)Nc1ccccc1Br)Nc1ccccc1Br. The number of anilines is 2. The first-order valence-corrected chi connectivity index (χ1v) is 13.7. The second kappa shape index (κ2) is 17.4. The Morgan fingerprint density at radius 2 is 0.853 bits per heavy atom. The number of para-hydroxylation sites is 2. The number of rotatable bonds is 15. The number of carbonyl (C=O) groups is 2. The minimum atomic E-state index is -0.160. The van der Waals surface area contributed by atoms with Crippen LogP contribution in [0.1, 0.15) is 64.2 Å². The molecule has 2 aromatic rings. The number of hydrogen-bond donors (Lipinski definition) is 4. The fourth-order valence-corrected chi connectivity index (χ4v) is 4.29. The molecule has 0 aliphatic heterocycles. The van der Waals surface area contributed by atoms with E-state index in [1.807, 2.05) is 48.5 Å². The van der Waals surface area contributed by atoms with E-state index in [0.717, 1.165) is 46.0 Å². The fourth-order valence-electron chi connectivity index (χ4n) is 3.53. The van der Waals surface area contributed by atoms with Crippen LogP contribution in [0, 0.1) is 0 Å². The maximum Gasteiger partial charge on any atom is 0.319 e. The number of benzene rings is 2. The predicted molar refractivity (Wildman–Crippen MR) is 148 cm³/mol. The lowest BCUT2D eigenvalue weighted by molar-refractivity contribution is 0.251. The van der Waals surface area contributed by atoms with Crippen LogP contribution in [0.4, 0.5) is 21.0 Å². The van der Waals surface area contributed by atoms with Crippen LogP contribution in [0.5, 0.6) is 0 Å². The summed E-state index contributed by atoms with van der Waals surface area (Å²) >= 11 is 6.85. The van der Waals surface area contributed by atoms with E-state index >= 15 is 0 Å². The van der Waals surface area contributed by atoms with Gasteiger partial charge in [-0.05, 0) is 69.0 Å². The summed E-state index contributed by atoms with van der Waals surface area (Å²) in [5, 5.41) is 11.5. The van der Waals surface area contributed by atoms with Crippen LogP contribution in [-0.4, -0.2) is 25.2 Å². The minimum Gasteiger partial charge on any atom is -0.338 e. The van der Waals surface area contributed by atoms with E-state index in [-0.39, 0.29) is 12.1 Å². The van der Waals surface area contributed by atoms with Crippen molar-refractivity contribution in [1.82, 2.24) is 10.6 Å². The van der Waals surface area contributed by atoms with Gasteiger partial charge in [-0.15, -0.1) is 0 Å². The maximum absolute atomic E-state index is 11.9. The Morgan fingerprint density at radius 1 is 0.529 bits per heavy atom. The van der Waals surface area contributed by atoms with Crippen molar-refractivity contribution in [2.75, 3.05) is 23.7 Å². The average molecular weight is 596 g/mol. The van der Waals surface area contributed by atoms with Crippen molar-refractivity contribution in [3.8, 4) is 0 Å². The number of nitrogens with one attached hydrogen (secondary N) is 4. The van der Waals surface area contributed by atoms with E-state index in [0.29, 0.717) is 13.1 Å². The van der Waals surface area contributed by atoms with Gasteiger partial charge in [0.15, 0.2) is 0 Å². The Hall–Kier alpha value is -2.06. The molecule has 0 bridgehead atoms. The van der Waals surface area contributed by atoms with Gasteiger partial charge in [0.25, 0.3) is 0 Å². The van der Waals surface area contributed by atoms with Crippen LogP contribution in [0.25, 0.3) is 0 Å². The molecule has 4 amide bonds. The lowest BCUT2D eigenvalue weighted by atomic mass is 10.1. The van der Waals surface area contributed by atoms with E-state index in [1.165, 1.54) is 38.5 Å². The van der Waals surface area contributed by atoms with Crippen LogP contribution in [0.3, 0.4) is 0 Å². The molecule has 0 saturated carbocycles. The molecule has 0 heterocycles. The van der Waals surface area contributed by atoms with E-state index in [4.69, 9.17) is 0 Å². The quantitative estimate of drug-likeness (QED) is 0.157. The lowest BCUT2D eigenvalue weighted by Crippen LogP contribution is -2.29. The van der Waals surface area contributed by atoms with Crippen LogP contribution in [-0.2, 0) is 0 Å². The molecule has 6 nitrogen and oxygen atoms in total. The summed E-state index contributed by atoms with van der Waals surface area (Å²) in [5.41, 5.74) is 1.55. The van der Waals surface area contributed by atoms with E-state index in [1.54, 1.807) is 0 Å². The van der Waals surface area contributed by atoms with Gasteiger partial charge in [-0.1, -0.05) is 75.6 Å². The van der Waals surface area contributed by atoms with Crippen molar-refractivity contribution in [3.63, 3.8) is 0 Å². The van der Waals surface area contributed by atoms with Crippen LogP contribution in [0.15, 0.2) is 57.5 Å². The highest BCUT2D eigenvalue weighted by Gasteiger charge is 2.04. The first kappa shape index (κ1) is 28.2. The van der Waals surface area contributed by atoms with Crippen LogP contribution < -0.4 is 21.3 Å². The molecule has 0 aliphatic rings. The second-order valence-electron chi connectivity index (χ2n) is 8.26. The van der Waals surface area contributed by atoms with Crippen molar-refractivity contribution in [1.29, 1.82) is 0 Å². The van der Waals surface area contributed by atoms with Gasteiger partial charge in [0.1, 0.15) is 0 Å². The first-order chi connectivity index (χ1) is 16.6. The van der Waals surface area contributed by atoms with Crippen molar-refractivity contribution < 1.29 is 9.59 Å². The number of urea groups is 2. The molecule has 0 spiro atoms. The molecular weight excluding hydrogens is 560 g/mol. The fraction of sp³-hybridized carbons (Fsp3) is 0.462. The normalized spacial score (nSPS) is 10.5. The zero-order chi connectivity index (χ0) is 24.4. The Balaban J connectivity index is 1.33. The summed E-state index contributed by atoms with van der Waals surface area (Å²) in [6.07, 6.45) is 11.8. The summed E-state index contributed by atoms with van der Waals surface area (Å²) in [7, 11) is 0. The maximum atomic E-state index is 11.9. The monoisotopic (exact) mass is 594 g/mol. The zero-order valence-electron chi connectivity index (χ0n) is 19.7. The molecule has 0 atom stereocenters. The second-order valence-corrected chi connectivity index (χ2v) is 9.97. The first-order valence-electron chi connectivity index (χ1n) is 12.1. The Labute approximate surface area is 220 Å². The molecule has 0 aliphatic carbocycles. The van der Waals surface area contributed by atoms with E-state index in [2.05, 4.69) is 53.1 Å². The Kier molecular flexibility index (Phi) is 14.4. The van der Waals surface area contributed by atoms with Crippen molar-refractivity contribution >= 4 is 55.3 Å². The van der Waals surface area contributed by atoms with Gasteiger partial charge >= 0.3 is 12.1 Å².